The molecule has 15 heavy (non-hydrogen) atoms. The highest BCUT2D eigenvalue weighted by Crippen LogP contribution is 2.28. The molecule has 1 unspecified atom stereocenters. The van der Waals surface area contributed by atoms with E-state index in [4.69, 9.17) is 0 Å². The topological polar surface area (TPSA) is 51.2 Å². The van der Waals surface area contributed by atoms with E-state index < -0.39 is 9.84 Å². The van der Waals surface area contributed by atoms with Crippen molar-refractivity contribution in [1.82, 2.24) is 0 Å². The van der Waals surface area contributed by atoms with Crippen molar-refractivity contribution >= 4 is 16.1 Å². The van der Waals surface area contributed by atoms with Gasteiger partial charge in [-0.05, 0) is 17.9 Å². The minimum atomic E-state index is -2.83. The molecule has 0 spiro atoms. The van der Waals surface area contributed by atoms with Crippen LogP contribution < -0.4 is 0 Å². The van der Waals surface area contributed by atoms with Gasteiger partial charge < -0.3 is 0 Å². The van der Waals surface area contributed by atoms with Gasteiger partial charge in [0.2, 0.25) is 0 Å². The second-order valence-electron chi connectivity index (χ2n) is 3.88. The van der Waals surface area contributed by atoms with Gasteiger partial charge in [0.25, 0.3) is 0 Å². The van der Waals surface area contributed by atoms with E-state index in [1.807, 2.05) is 12.1 Å². The van der Waals surface area contributed by atoms with Gasteiger partial charge in [0.05, 0.1) is 11.5 Å². The molecule has 1 aliphatic rings. The van der Waals surface area contributed by atoms with Crippen LogP contribution in [-0.4, -0.2) is 26.2 Å². The van der Waals surface area contributed by atoms with Crippen LogP contribution in [0, 0.1) is 0 Å². The number of carbonyl (C=O) groups excluding carboxylic acids is 1. The first-order valence-corrected chi connectivity index (χ1v) is 6.68. The molecule has 0 aliphatic carbocycles. The van der Waals surface area contributed by atoms with E-state index in [2.05, 4.69) is 0 Å². The molecular formula is C11H12O3S. The van der Waals surface area contributed by atoms with Gasteiger partial charge >= 0.3 is 0 Å². The van der Waals surface area contributed by atoms with E-state index in [0.717, 1.165) is 11.8 Å². The highest BCUT2D eigenvalue weighted by molar-refractivity contribution is 7.91. The molecule has 80 valence electrons. The SMILES string of the molecule is O=Cc1ccc(C2CCS(=O)(=O)C2)cc1. The largest absolute Gasteiger partial charge is 0.298 e. The summed E-state index contributed by atoms with van der Waals surface area (Å²) in [5.74, 6) is 0.635. The molecule has 1 fully saturated rings. The maximum atomic E-state index is 11.3. The van der Waals surface area contributed by atoms with Crippen LogP contribution in [0.25, 0.3) is 0 Å². The lowest BCUT2D eigenvalue weighted by Crippen LogP contribution is -2.03. The molecule has 1 heterocycles. The van der Waals surface area contributed by atoms with E-state index in [0.29, 0.717) is 12.0 Å². The zero-order chi connectivity index (χ0) is 10.9. The van der Waals surface area contributed by atoms with Crippen LogP contribution in [0.3, 0.4) is 0 Å². The number of rotatable bonds is 2. The maximum Gasteiger partial charge on any atom is 0.150 e. The zero-order valence-electron chi connectivity index (χ0n) is 8.22. The van der Waals surface area contributed by atoms with Crippen LogP contribution >= 0.6 is 0 Å². The fourth-order valence-corrected chi connectivity index (χ4v) is 3.69. The lowest BCUT2D eigenvalue weighted by molar-refractivity contribution is 0.112. The van der Waals surface area contributed by atoms with E-state index in [1.165, 1.54) is 0 Å². The number of carbonyl (C=O) groups is 1. The van der Waals surface area contributed by atoms with Crippen molar-refractivity contribution in [2.24, 2.45) is 0 Å². The lowest BCUT2D eigenvalue weighted by Gasteiger charge is -2.07. The van der Waals surface area contributed by atoms with E-state index >= 15 is 0 Å². The molecule has 4 heteroatoms. The van der Waals surface area contributed by atoms with Gasteiger partial charge in [-0.1, -0.05) is 24.3 Å². The summed E-state index contributed by atoms with van der Waals surface area (Å²) in [4.78, 5) is 10.4. The minimum absolute atomic E-state index is 0.107. The van der Waals surface area contributed by atoms with Crippen molar-refractivity contribution in [3.05, 3.63) is 35.4 Å². The van der Waals surface area contributed by atoms with Crippen LogP contribution in [0.2, 0.25) is 0 Å². The van der Waals surface area contributed by atoms with Crippen molar-refractivity contribution in [3.8, 4) is 0 Å². The molecular weight excluding hydrogens is 212 g/mol. The maximum absolute atomic E-state index is 11.3. The summed E-state index contributed by atoms with van der Waals surface area (Å²) in [7, 11) is -2.83. The van der Waals surface area contributed by atoms with E-state index in [9.17, 15) is 13.2 Å². The molecule has 1 aromatic rings. The van der Waals surface area contributed by atoms with Crippen LogP contribution in [-0.2, 0) is 9.84 Å². The Kier molecular flexibility index (Phi) is 2.61. The Morgan fingerprint density at radius 1 is 1.20 bits per heavy atom. The predicted octanol–water partition coefficient (Wildman–Crippen LogP) is 1.40. The average Bonchev–Trinajstić information content (AvgIpc) is 2.59. The van der Waals surface area contributed by atoms with Gasteiger partial charge in [0.1, 0.15) is 6.29 Å². The third-order valence-corrected chi connectivity index (χ3v) is 4.54. The Hall–Kier alpha value is -1.16. The minimum Gasteiger partial charge on any atom is -0.298 e. The summed E-state index contributed by atoms with van der Waals surface area (Å²) in [6.07, 6.45) is 1.48. The van der Waals surface area contributed by atoms with Gasteiger partial charge in [0, 0.05) is 5.56 Å². The standard InChI is InChI=1S/C11H12O3S/c12-7-9-1-3-10(4-2-9)11-5-6-15(13,14)8-11/h1-4,7,11H,5-6,8H2. The molecule has 0 radical (unpaired) electrons. The highest BCUT2D eigenvalue weighted by atomic mass is 32.2. The van der Waals surface area contributed by atoms with Crippen molar-refractivity contribution in [2.75, 3.05) is 11.5 Å². The molecule has 0 aromatic heterocycles. The second kappa shape index (κ2) is 3.77. The number of hydrogen-bond acceptors (Lipinski definition) is 3. The molecule has 0 N–H and O–H groups in total. The molecule has 0 saturated carbocycles. The van der Waals surface area contributed by atoms with Crippen molar-refractivity contribution < 1.29 is 13.2 Å². The predicted molar refractivity (Wildman–Crippen MR) is 57.8 cm³/mol. The summed E-state index contributed by atoms with van der Waals surface area (Å²) >= 11 is 0. The smallest absolute Gasteiger partial charge is 0.150 e. The van der Waals surface area contributed by atoms with Gasteiger partial charge in [-0.2, -0.15) is 0 Å². The fraction of sp³-hybridized carbons (Fsp3) is 0.364. The third-order valence-electron chi connectivity index (χ3n) is 2.78. The number of hydrogen-bond donors (Lipinski definition) is 0. The second-order valence-corrected chi connectivity index (χ2v) is 6.11. The monoisotopic (exact) mass is 224 g/mol. The van der Waals surface area contributed by atoms with E-state index in [1.54, 1.807) is 12.1 Å². The van der Waals surface area contributed by atoms with Crippen LogP contribution in [0.15, 0.2) is 24.3 Å². The summed E-state index contributed by atoms with van der Waals surface area (Å²) in [5, 5.41) is 0. The average molecular weight is 224 g/mol. The molecule has 3 nitrogen and oxygen atoms in total. The number of benzene rings is 1. The van der Waals surface area contributed by atoms with Gasteiger partial charge in [-0.15, -0.1) is 0 Å². The molecule has 1 atom stereocenters. The molecule has 0 amide bonds. The molecule has 1 aromatic carbocycles. The fourth-order valence-electron chi connectivity index (χ4n) is 1.90. The first-order chi connectivity index (χ1) is 7.11. The quantitative estimate of drug-likeness (QED) is 0.713. The Morgan fingerprint density at radius 3 is 2.33 bits per heavy atom. The van der Waals surface area contributed by atoms with Crippen molar-refractivity contribution in [1.29, 1.82) is 0 Å². The van der Waals surface area contributed by atoms with Gasteiger partial charge in [-0.3, -0.25) is 4.79 Å². The normalized spacial score (nSPS) is 23.9. The number of aldehydes is 1. The Labute approximate surface area is 89.0 Å². The summed E-state index contributed by atoms with van der Waals surface area (Å²) < 4.78 is 22.6. The Morgan fingerprint density at radius 2 is 1.87 bits per heavy atom. The first-order valence-electron chi connectivity index (χ1n) is 4.86. The third kappa shape index (κ3) is 2.26. The Balaban J connectivity index is 2.21. The van der Waals surface area contributed by atoms with Gasteiger partial charge in [0.15, 0.2) is 9.84 Å². The van der Waals surface area contributed by atoms with Crippen molar-refractivity contribution in [3.63, 3.8) is 0 Å². The lowest BCUT2D eigenvalue weighted by atomic mass is 9.98. The van der Waals surface area contributed by atoms with Crippen LogP contribution in [0.4, 0.5) is 0 Å². The Bertz CT molecular complexity index is 459. The molecule has 2 rings (SSSR count). The summed E-state index contributed by atoms with van der Waals surface area (Å²) in [6.45, 7) is 0. The van der Waals surface area contributed by atoms with Crippen LogP contribution in [0.5, 0.6) is 0 Å². The van der Waals surface area contributed by atoms with E-state index in [-0.39, 0.29) is 17.4 Å². The molecule has 1 aliphatic heterocycles. The van der Waals surface area contributed by atoms with Crippen molar-refractivity contribution in [2.45, 2.75) is 12.3 Å². The number of sulfone groups is 1. The van der Waals surface area contributed by atoms with Gasteiger partial charge in [-0.25, -0.2) is 8.42 Å². The highest BCUT2D eigenvalue weighted by Gasteiger charge is 2.28. The molecule has 0 bridgehead atoms. The molecule has 1 saturated heterocycles. The summed E-state index contributed by atoms with van der Waals surface area (Å²) in [6, 6.07) is 7.14. The van der Waals surface area contributed by atoms with Crippen LogP contribution in [0.1, 0.15) is 28.3 Å². The zero-order valence-corrected chi connectivity index (χ0v) is 9.03. The summed E-state index contributed by atoms with van der Waals surface area (Å²) in [5.41, 5.74) is 1.64. The first kappa shape index (κ1) is 10.4.